The van der Waals surface area contributed by atoms with E-state index in [2.05, 4.69) is 5.10 Å². The van der Waals surface area contributed by atoms with Gasteiger partial charge in [-0.1, -0.05) is 0 Å². The van der Waals surface area contributed by atoms with Crippen molar-refractivity contribution < 1.29 is 26.7 Å². The molecule has 1 aliphatic carbocycles. The van der Waals surface area contributed by atoms with Crippen LogP contribution in [0.5, 0.6) is 0 Å². The molecule has 2 aromatic rings. The molecule has 2 fully saturated rings. The van der Waals surface area contributed by atoms with E-state index in [0.29, 0.717) is 23.9 Å². The highest BCUT2D eigenvalue weighted by Gasteiger charge is 2.47. The van der Waals surface area contributed by atoms with Crippen molar-refractivity contribution >= 4 is 11.4 Å². The summed E-state index contributed by atoms with van der Waals surface area (Å²) in [5.74, 6) is -4.02. The van der Waals surface area contributed by atoms with Crippen molar-refractivity contribution in [1.82, 2.24) is 14.9 Å². The lowest BCUT2D eigenvalue weighted by Crippen LogP contribution is -2.38. The topological polar surface area (TPSA) is 72.4 Å². The van der Waals surface area contributed by atoms with Crippen molar-refractivity contribution in [1.29, 1.82) is 0 Å². The second kappa shape index (κ2) is 7.47. The fourth-order valence-corrected chi connectivity index (χ4v) is 4.47. The number of halogens is 5. The minimum atomic E-state index is -4.46. The first-order valence-corrected chi connectivity index (χ1v) is 9.99. The minimum absolute atomic E-state index is 0.0389. The Morgan fingerprint density at radius 3 is 2.60 bits per heavy atom. The molecule has 0 radical (unpaired) electrons. The van der Waals surface area contributed by atoms with Crippen LogP contribution in [0.25, 0.3) is 5.52 Å². The molecule has 1 aliphatic heterocycles. The van der Waals surface area contributed by atoms with E-state index < -0.39 is 30.0 Å². The second-order valence-electron chi connectivity index (χ2n) is 8.47. The molecular formula is C20H23F5N4O. The van der Waals surface area contributed by atoms with Gasteiger partial charge in [0.2, 0.25) is 11.8 Å². The van der Waals surface area contributed by atoms with Gasteiger partial charge < -0.3 is 11.1 Å². The summed E-state index contributed by atoms with van der Waals surface area (Å²) in [5, 5.41) is 6.28. The maximum atomic E-state index is 13.4. The lowest BCUT2D eigenvalue weighted by atomic mass is 9.80. The first kappa shape index (κ1) is 21.0. The average Bonchev–Trinajstić information content (AvgIpc) is 3.24. The summed E-state index contributed by atoms with van der Waals surface area (Å²) >= 11 is 0. The van der Waals surface area contributed by atoms with E-state index >= 15 is 0 Å². The lowest BCUT2D eigenvalue weighted by molar-refractivity contribution is -0.154. The van der Waals surface area contributed by atoms with Crippen LogP contribution >= 0.6 is 0 Å². The third kappa shape index (κ3) is 4.28. The zero-order valence-corrected chi connectivity index (χ0v) is 16.1. The Bertz CT molecular complexity index is 931. The molecule has 1 amide bonds. The number of fused-ring (bicyclic) bond motifs is 1. The number of carbonyl (C=O) groups is 1. The molecule has 3 atom stereocenters. The summed E-state index contributed by atoms with van der Waals surface area (Å²) in [7, 11) is 0. The second-order valence-corrected chi connectivity index (χ2v) is 8.47. The molecule has 0 spiro atoms. The highest BCUT2D eigenvalue weighted by atomic mass is 19.4. The predicted molar refractivity (Wildman–Crippen MR) is 98.8 cm³/mol. The standard InChI is InChI=1S/C20H23F5N4O/c21-19(22)3-1-12(2-4-19)17(26)14-7-15-6-11(9-27-29(15)10-14)5-13-8-16(20(23,24)25)28-18(13)30/h6-7,9-10,12-13,16-17H,1-5,8,26H2,(H,28,30)/t13?,16-,17?/m0/s1. The number of aromatic nitrogens is 2. The van der Waals surface area contributed by atoms with E-state index in [1.165, 1.54) is 6.20 Å². The van der Waals surface area contributed by atoms with Gasteiger partial charge in [-0.05, 0) is 54.9 Å². The van der Waals surface area contributed by atoms with Crippen LogP contribution in [0.3, 0.4) is 0 Å². The third-order valence-corrected chi connectivity index (χ3v) is 6.27. The van der Waals surface area contributed by atoms with E-state index in [1.54, 1.807) is 16.8 Å². The van der Waals surface area contributed by atoms with Crippen LogP contribution in [-0.4, -0.2) is 33.7 Å². The van der Waals surface area contributed by atoms with Gasteiger partial charge in [0.15, 0.2) is 0 Å². The van der Waals surface area contributed by atoms with Crippen molar-refractivity contribution in [3.8, 4) is 0 Å². The first-order chi connectivity index (χ1) is 14.0. The summed E-state index contributed by atoms with van der Waals surface area (Å²) in [4.78, 5) is 11.9. The summed E-state index contributed by atoms with van der Waals surface area (Å²) in [6, 6.07) is 1.39. The summed E-state index contributed by atoms with van der Waals surface area (Å²) < 4.78 is 66.9. The van der Waals surface area contributed by atoms with Crippen LogP contribution in [0.1, 0.15) is 49.3 Å². The number of nitrogens with one attached hydrogen (secondary N) is 1. The Balaban J connectivity index is 1.46. The molecule has 1 saturated carbocycles. The Labute approximate surface area is 169 Å². The fraction of sp³-hybridized carbons (Fsp3) is 0.600. The maximum Gasteiger partial charge on any atom is 0.408 e. The van der Waals surface area contributed by atoms with Gasteiger partial charge in [-0.15, -0.1) is 0 Å². The van der Waals surface area contributed by atoms with Crippen molar-refractivity contribution in [2.75, 3.05) is 0 Å². The highest BCUT2D eigenvalue weighted by Crippen LogP contribution is 2.40. The number of nitrogens with two attached hydrogens (primary N) is 1. The fourth-order valence-electron chi connectivity index (χ4n) is 4.47. The number of amides is 1. The molecule has 0 aromatic carbocycles. The zero-order valence-electron chi connectivity index (χ0n) is 16.1. The molecular weight excluding hydrogens is 407 g/mol. The maximum absolute atomic E-state index is 13.4. The monoisotopic (exact) mass is 430 g/mol. The molecule has 2 aliphatic rings. The summed E-state index contributed by atoms with van der Waals surface area (Å²) in [5.41, 5.74) is 8.46. The van der Waals surface area contributed by atoms with E-state index in [1.807, 2.05) is 11.4 Å². The third-order valence-electron chi connectivity index (χ3n) is 6.27. The first-order valence-electron chi connectivity index (χ1n) is 9.99. The normalized spacial score (nSPS) is 26.1. The predicted octanol–water partition coefficient (Wildman–Crippen LogP) is 3.77. The smallest absolute Gasteiger partial charge is 0.344 e. The van der Waals surface area contributed by atoms with Crippen LogP contribution in [0.2, 0.25) is 0 Å². The SMILES string of the molecule is NC(c1cc2cc(CC3C[C@@H](C(F)(F)F)NC3=O)cnn2c1)C1CCC(F)(F)CC1. The van der Waals surface area contributed by atoms with Crippen molar-refractivity contribution in [3.63, 3.8) is 0 Å². The van der Waals surface area contributed by atoms with E-state index in [9.17, 15) is 26.7 Å². The van der Waals surface area contributed by atoms with Gasteiger partial charge in [-0.25, -0.2) is 13.3 Å². The van der Waals surface area contributed by atoms with Crippen molar-refractivity contribution in [3.05, 3.63) is 35.7 Å². The molecule has 4 rings (SSSR count). The molecule has 5 nitrogen and oxygen atoms in total. The molecule has 1 saturated heterocycles. The molecule has 3 heterocycles. The zero-order chi connectivity index (χ0) is 21.7. The molecule has 3 N–H and O–H groups in total. The van der Waals surface area contributed by atoms with Crippen LogP contribution in [0, 0.1) is 11.8 Å². The molecule has 30 heavy (non-hydrogen) atoms. The van der Waals surface area contributed by atoms with Gasteiger partial charge in [0.1, 0.15) is 6.04 Å². The van der Waals surface area contributed by atoms with E-state index in [0.717, 1.165) is 5.56 Å². The van der Waals surface area contributed by atoms with Gasteiger partial charge in [0.25, 0.3) is 0 Å². The molecule has 10 heteroatoms. The Morgan fingerprint density at radius 1 is 1.27 bits per heavy atom. The van der Waals surface area contributed by atoms with Gasteiger partial charge in [0, 0.05) is 31.0 Å². The number of carbonyl (C=O) groups excluding carboxylic acids is 1. The average molecular weight is 430 g/mol. The summed E-state index contributed by atoms with van der Waals surface area (Å²) in [6.45, 7) is 0. The highest BCUT2D eigenvalue weighted by molar-refractivity contribution is 5.81. The van der Waals surface area contributed by atoms with Crippen LogP contribution in [0.15, 0.2) is 24.5 Å². The Kier molecular flexibility index (Phi) is 5.24. The molecule has 0 bridgehead atoms. The molecule has 2 aromatic heterocycles. The van der Waals surface area contributed by atoms with Crippen LogP contribution < -0.4 is 11.1 Å². The summed E-state index contributed by atoms with van der Waals surface area (Å²) in [6.07, 6.45) is -0.930. The Hall–Kier alpha value is -2.23. The van der Waals surface area contributed by atoms with Crippen molar-refractivity contribution in [2.24, 2.45) is 17.6 Å². The van der Waals surface area contributed by atoms with Gasteiger partial charge in [-0.3, -0.25) is 4.79 Å². The van der Waals surface area contributed by atoms with E-state index in [-0.39, 0.29) is 37.6 Å². The number of nitrogens with zero attached hydrogens (tertiary/aromatic N) is 2. The Morgan fingerprint density at radius 2 is 1.97 bits per heavy atom. The largest absolute Gasteiger partial charge is 0.408 e. The quantitative estimate of drug-likeness (QED) is 0.726. The minimum Gasteiger partial charge on any atom is -0.344 e. The van der Waals surface area contributed by atoms with Gasteiger partial charge >= 0.3 is 6.18 Å². The number of rotatable bonds is 4. The molecule has 164 valence electrons. The van der Waals surface area contributed by atoms with Gasteiger partial charge in [-0.2, -0.15) is 18.3 Å². The number of alkyl halides is 5. The number of hydrogen-bond donors (Lipinski definition) is 2. The number of hydrogen-bond acceptors (Lipinski definition) is 3. The van der Waals surface area contributed by atoms with Crippen molar-refractivity contribution in [2.45, 2.75) is 62.7 Å². The lowest BCUT2D eigenvalue weighted by Gasteiger charge is -2.31. The van der Waals surface area contributed by atoms with Crippen LogP contribution in [0.4, 0.5) is 22.0 Å². The van der Waals surface area contributed by atoms with E-state index in [4.69, 9.17) is 5.73 Å². The van der Waals surface area contributed by atoms with Crippen LogP contribution in [-0.2, 0) is 11.2 Å². The molecule has 2 unspecified atom stereocenters. The van der Waals surface area contributed by atoms with Gasteiger partial charge in [0.05, 0.1) is 11.7 Å².